The quantitative estimate of drug-likeness (QED) is 0.777. The molecule has 6 heteroatoms. The van der Waals surface area contributed by atoms with Crippen LogP contribution in [0, 0.1) is 0 Å². The Hall–Kier alpha value is -1.82. The molecule has 1 saturated heterocycles. The van der Waals surface area contributed by atoms with Crippen molar-refractivity contribution in [1.29, 1.82) is 0 Å². The Bertz CT molecular complexity index is 695. The molecule has 1 aromatic heterocycles. The number of piperazine rings is 1. The summed E-state index contributed by atoms with van der Waals surface area (Å²) in [6.07, 6.45) is 0.455. The molecule has 0 radical (unpaired) electrons. The highest BCUT2D eigenvalue weighted by Gasteiger charge is 2.31. The molecule has 1 fully saturated rings. The van der Waals surface area contributed by atoms with E-state index in [1.165, 1.54) is 0 Å². The third-order valence-electron chi connectivity index (χ3n) is 3.45. The molecule has 3 rings (SSSR count). The maximum atomic E-state index is 11.9. The molecule has 1 aliphatic heterocycles. The van der Waals surface area contributed by atoms with Gasteiger partial charge in [0.25, 0.3) is 0 Å². The van der Waals surface area contributed by atoms with E-state index in [0.717, 1.165) is 21.1 Å². The monoisotopic (exact) mass is 335 g/mol. The number of aromatic amines is 1. The van der Waals surface area contributed by atoms with Crippen LogP contribution >= 0.6 is 15.9 Å². The van der Waals surface area contributed by atoms with Crippen LogP contribution in [0.25, 0.3) is 10.9 Å². The third-order valence-corrected chi connectivity index (χ3v) is 3.94. The van der Waals surface area contributed by atoms with Crippen molar-refractivity contribution in [3.63, 3.8) is 0 Å². The van der Waals surface area contributed by atoms with Crippen molar-refractivity contribution < 1.29 is 9.59 Å². The molecule has 0 saturated carbocycles. The Morgan fingerprint density at radius 1 is 1.15 bits per heavy atom. The van der Waals surface area contributed by atoms with Gasteiger partial charge in [-0.1, -0.05) is 22.0 Å². The second kappa shape index (κ2) is 4.94. The summed E-state index contributed by atoms with van der Waals surface area (Å²) in [4.78, 5) is 26.8. The average molecular weight is 336 g/mol. The summed E-state index contributed by atoms with van der Waals surface area (Å²) < 4.78 is 0.996. The van der Waals surface area contributed by atoms with Gasteiger partial charge in [0, 0.05) is 22.1 Å². The maximum absolute atomic E-state index is 11.9. The van der Waals surface area contributed by atoms with Crippen LogP contribution in [0.1, 0.15) is 12.6 Å². The normalized spacial score (nSPS) is 22.7. The van der Waals surface area contributed by atoms with Crippen molar-refractivity contribution >= 4 is 38.6 Å². The summed E-state index contributed by atoms with van der Waals surface area (Å²) in [5.41, 5.74) is 1.93. The number of nitrogens with one attached hydrogen (secondary N) is 3. The Morgan fingerprint density at radius 2 is 1.95 bits per heavy atom. The molecule has 2 atom stereocenters. The zero-order valence-electron chi connectivity index (χ0n) is 10.9. The fourth-order valence-electron chi connectivity index (χ4n) is 2.37. The Morgan fingerprint density at radius 3 is 2.75 bits per heavy atom. The molecule has 1 aromatic carbocycles. The van der Waals surface area contributed by atoms with E-state index >= 15 is 0 Å². The summed E-state index contributed by atoms with van der Waals surface area (Å²) >= 11 is 3.42. The highest BCUT2D eigenvalue weighted by molar-refractivity contribution is 9.10. The predicted molar refractivity (Wildman–Crippen MR) is 79.2 cm³/mol. The van der Waals surface area contributed by atoms with E-state index in [2.05, 4.69) is 31.5 Å². The Kier molecular flexibility index (Phi) is 3.25. The Balaban J connectivity index is 1.82. The van der Waals surface area contributed by atoms with Gasteiger partial charge in [-0.15, -0.1) is 0 Å². The van der Waals surface area contributed by atoms with Gasteiger partial charge < -0.3 is 15.6 Å². The number of hydrogen-bond donors (Lipinski definition) is 3. The van der Waals surface area contributed by atoms with Crippen LogP contribution in [-0.2, 0) is 16.0 Å². The number of halogens is 1. The molecule has 0 bridgehead atoms. The number of hydrogen-bond acceptors (Lipinski definition) is 2. The lowest BCUT2D eigenvalue weighted by Crippen LogP contribution is -2.61. The van der Waals surface area contributed by atoms with Crippen molar-refractivity contribution in [3.8, 4) is 0 Å². The zero-order chi connectivity index (χ0) is 14.3. The SMILES string of the molecule is CC1NC(=O)C(Cc2cc3ccc(Br)cc3[nH]2)NC1=O. The molecule has 0 aliphatic carbocycles. The number of carbonyl (C=O) groups excluding carboxylic acids is 2. The van der Waals surface area contributed by atoms with E-state index < -0.39 is 12.1 Å². The van der Waals surface area contributed by atoms with E-state index in [0.29, 0.717) is 6.42 Å². The van der Waals surface area contributed by atoms with Crippen molar-refractivity contribution in [2.45, 2.75) is 25.4 Å². The first-order valence-corrected chi connectivity index (χ1v) is 7.20. The summed E-state index contributed by atoms with van der Waals surface area (Å²) in [7, 11) is 0. The molecule has 3 N–H and O–H groups in total. The smallest absolute Gasteiger partial charge is 0.243 e. The lowest BCUT2D eigenvalue weighted by atomic mass is 10.1. The van der Waals surface area contributed by atoms with Crippen molar-refractivity contribution in [1.82, 2.24) is 15.6 Å². The second-order valence-electron chi connectivity index (χ2n) is 5.02. The average Bonchev–Trinajstić information content (AvgIpc) is 2.77. The van der Waals surface area contributed by atoms with Gasteiger partial charge in [0.1, 0.15) is 12.1 Å². The van der Waals surface area contributed by atoms with Crippen molar-refractivity contribution in [2.75, 3.05) is 0 Å². The van der Waals surface area contributed by atoms with Crippen LogP contribution in [0.4, 0.5) is 0 Å². The number of benzene rings is 1. The number of amides is 2. The molecule has 5 nitrogen and oxygen atoms in total. The molecule has 2 aromatic rings. The highest BCUT2D eigenvalue weighted by Crippen LogP contribution is 2.21. The first kappa shape index (κ1) is 13.2. The molecule has 1 aliphatic rings. The molecule has 2 amide bonds. The van der Waals surface area contributed by atoms with Gasteiger partial charge >= 0.3 is 0 Å². The van der Waals surface area contributed by atoms with E-state index in [9.17, 15) is 9.59 Å². The third kappa shape index (κ3) is 2.43. The number of H-pyrrole nitrogens is 1. The Labute approximate surface area is 124 Å². The lowest BCUT2D eigenvalue weighted by molar-refractivity contribution is -0.136. The minimum Gasteiger partial charge on any atom is -0.358 e. The van der Waals surface area contributed by atoms with Gasteiger partial charge in [-0.25, -0.2) is 0 Å². The van der Waals surface area contributed by atoms with E-state index in [-0.39, 0.29) is 11.8 Å². The van der Waals surface area contributed by atoms with Gasteiger partial charge in [-0.2, -0.15) is 0 Å². The predicted octanol–water partition coefficient (Wildman–Crippen LogP) is 1.48. The second-order valence-corrected chi connectivity index (χ2v) is 5.94. The minimum absolute atomic E-state index is 0.142. The summed E-state index contributed by atoms with van der Waals surface area (Å²) in [5.74, 6) is -0.287. The topological polar surface area (TPSA) is 74.0 Å². The minimum atomic E-state index is -0.518. The molecule has 2 heterocycles. The number of carbonyl (C=O) groups is 2. The van der Waals surface area contributed by atoms with Crippen LogP contribution < -0.4 is 10.6 Å². The number of rotatable bonds is 2. The number of aromatic nitrogens is 1. The summed E-state index contributed by atoms with van der Waals surface area (Å²) in [6.45, 7) is 1.67. The van der Waals surface area contributed by atoms with Gasteiger partial charge in [0.2, 0.25) is 11.8 Å². The molecular weight excluding hydrogens is 322 g/mol. The molecule has 2 unspecified atom stereocenters. The highest BCUT2D eigenvalue weighted by atomic mass is 79.9. The van der Waals surface area contributed by atoms with Crippen LogP contribution in [0.3, 0.4) is 0 Å². The maximum Gasteiger partial charge on any atom is 0.243 e. The van der Waals surface area contributed by atoms with Gasteiger partial charge in [-0.05, 0) is 30.5 Å². The first-order valence-electron chi connectivity index (χ1n) is 6.41. The van der Waals surface area contributed by atoms with E-state index in [1.54, 1.807) is 6.92 Å². The summed E-state index contributed by atoms with van der Waals surface area (Å²) in [5, 5.41) is 6.49. The largest absolute Gasteiger partial charge is 0.358 e. The number of fused-ring (bicyclic) bond motifs is 1. The van der Waals surface area contributed by atoms with Gasteiger partial charge in [0.15, 0.2) is 0 Å². The van der Waals surface area contributed by atoms with E-state index in [1.807, 2.05) is 24.3 Å². The van der Waals surface area contributed by atoms with Gasteiger partial charge in [-0.3, -0.25) is 9.59 Å². The van der Waals surface area contributed by atoms with Crippen LogP contribution in [0.5, 0.6) is 0 Å². The molecular formula is C14H14BrN3O2. The van der Waals surface area contributed by atoms with Gasteiger partial charge in [0.05, 0.1) is 0 Å². The lowest BCUT2D eigenvalue weighted by Gasteiger charge is -2.27. The van der Waals surface area contributed by atoms with Crippen LogP contribution in [0.15, 0.2) is 28.7 Å². The summed E-state index contributed by atoms with van der Waals surface area (Å²) in [6, 6.07) is 6.98. The fraction of sp³-hybridized carbons (Fsp3) is 0.286. The molecule has 20 heavy (non-hydrogen) atoms. The molecule has 0 spiro atoms. The molecule has 104 valence electrons. The fourth-order valence-corrected chi connectivity index (χ4v) is 2.74. The standard InChI is InChI=1S/C14H14BrN3O2/c1-7-13(19)18-12(14(20)16-7)6-10-4-8-2-3-9(15)5-11(8)17-10/h2-5,7,12,17H,6H2,1H3,(H,16,20)(H,18,19). The van der Waals surface area contributed by atoms with E-state index in [4.69, 9.17) is 0 Å². The van der Waals surface area contributed by atoms with Crippen LogP contribution in [0.2, 0.25) is 0 Å². The van der Waals surface area contributed by atoms with Crippen molar-refractivity contribution in [3.05, 3.63) is 34.4 Å². The van der Waals surface area contributed by atoms with Crippen molar-refractivity contribution in [2.24, 2.45) is 0 Å². The zero-order valence-corrected chi connectivity index (χ0v) is 12.5. The van der Waals surface area contributed by atoms with Crippen LogP contribution in [-0.4, -0.2) is 28.9 Å². The first-order chi connectivity index (χ1) is 9.52.